The Kier molecular flexibility index (Phi) is 5.01. The third kappa shape index (κ3) is 5.09. The first-order valence-corrected chi connectivity index (χ1v) is 6.39. The van der Waals surface area contributed by atoms with Crippen molar-refractivity contribution in [3.05, 3.63) is 29.8 Å². The molecular formula is C12H18BF2NS. The van der Waals surface area contributed by atoms with Gasteiger partial charge in [0.2, 0.25) is 0 Å². The summed E-state index contributed by atoms with van der Waals surface area (Å²) in [4.78, 5) is 0. The molecule has 5 heteroatoms. The van der Waals surface area contributed by atoms with Gasteiger partial charge in [-0.15, -0.1) is 0 Å². The number of hydrogen-bond acceptors (Lipinski definition) is 2. The summed E-state index contributed by atoms with van der Waals surface area (Å²) in [5, 5.41) is 0. The van der Waals surface area contributed by atoms with Crippen molar-refractivity contribution in [2.24, 2.45) is 0 Å². The van der Waals surface area contributed by atoms with Crippen LogP contribution in [-0.2, 0) is 0 Å². The monoisotopic (exact) mass is 257 g/mol. The van der Waals surface area contributed by atoms with Crippen molar-refractivity contribution < 1.29 is 8.78 Å². The van der Waals surface area contributed by atoms with Gasteiger partial charge in [-0.05, 0) is 26.3 Å². The van der Waals surface area contributed by atoms with E-state index in [-0.39, 0.29) is 4.75 Å². The van der Waals surface area contributed by atoms with Crippen LogP contribution in [-0.4, -0.2) is 19.0 Å². The van der Waals surface area contributed by atoms with Crippen molar-refractivity contribution >= 4 is 25.3 Å². The molecule has 94 valence electrons. The number of nitrogens with one attached hydrogen (secondary N) is 1. The van der Waals surface area contributed by atoms with Gasteiger partial charge < -0.3 is 0 Å². The molecule has 1 aromatic carbocycles. The van der Waals surface area contributed by atoms with Crippen LogP contribution in [0.2, 0.25) is 0 Å². The number of hydrogen-bond donors (Lipinski definition) is 1. The van der Waals surface area contributed by atoms with Crippen LogP contribution in [0.25, 0.3) is 0 Å². The van der Waals surface area contributed by atoms with Gasteiger partial charge in [-0.25, -0.2) is 8.78 Å². The van der Waals surface area contributed by atoms with Crippen LogP contribution in [0.4, 0.5) is 8.78 Å². The van der Waals surface area contributed by atoms with E-state index in [1.807, 2.05) is 40.8 Å². The maximum Gasteiger partial charge on any atom is 0.258 e. The van der Waals surface area contributed by atoms with Crippen molar-refractivity contribution in [1.29, 1.82) is 0 Å². The molecule has 0 fully saturated rings. The molecule has 0 radical (unpaired) electrons. The second-order valence-electron chi connectivity index (χ2n) is 5.06. The minimum atomic E-state index is -2.41. The lowest BCUT2D eigenvalue weighted by molar-refractivity contribution is 0.110. The number of rotatable bonds is 4. The molecule has 1 nitrogen and oxygen atoms in total. The van der Waals surface area contributed by atoms with Gasteiger partial charge >= 0.3 is 0 Å². The smallest absolute Gasteiger partial charge is 0.250 e. The lowest BCUT2D eigenvalue weighted by atomic mass is 9.94. The third-order valence-electron chi connectivity index (χ3n) is 2.18. The highest BCUT2D eigenvalue weighted by atomic mass is 32.2. The molecular weight excluding hydrogens is 239 g/mol. The van der Waals surface area contributed by atoms with Gasteiger partial charge in [0.05, 0.1) is 0 Å². The summed E-state index contributed by atoms with van der Waals surface area (Å²) >= 11 is 1.34. The highest BCUT2D eigenvalue weighted by Gasteiger charge is 2.24. The van der Waals surface area contributed by atoms with Gasteiger partial charge in [-0.1, -0.05) is 41.7 Å². The fourth-order valence-electron chi connectivity index (χ4n) is 1.28. The van der Waals surface area contributed by atoms with Crippen LogP contribution < -0.4 is 10.2 Å². The topological polar surface area (TPSA) is 12.0 Å². The number of alkyl halides is 2. The quantitative estimate of drug-likeness (QED) is 0.656. The second-order valence-corrected chi connectivity index (χ2v) is 6.72. The predicted octanol–water partition coefficient (Wildman–Crippen LogP) is 2.29. The molecule has 0 saturated heterocycles. The third-order valence-corrected chi connectivity index (χ3v) is 3.16. The molecule has 0 aliphatic rings. The average molecular weight is 257 g/mol. The Hall–Kier alpha value is -0.545. The van der Waals surface area contributed by atoms with Gasteiger partial charge in [0.15, 0.2) is 0 Å². The molecule has 0 aliphatic carbocycles. The molecule has 0 amide bonds. The zero-order valence-corrected chi connectivity index (χ0v) is 11.4. The molecule has 0 saturated carbocycles. The summed E-state index contributed by atoms with van der Waals surface area (Å²) < 4.78 is 28.7. The van der Waals surface area contributed by atoms with Gasteiger partial charge in [0.1, 0.15) is 13.9 Å². The molecule has 1 N–H and O–H groups in total. The van der Waals surface area contributed by atoms with Gasteiger partial charge in [-0.3, -0.25) is 4.72 Å². The zero-order chi connectivity index (χ0) is 13.1. The normalized spacial score (nSPS) is 14.0. The fraction of sp³-hybridized carbons (Fsp3) is 0.500. The van der Waals surface area contributed by atoms with E-state index in [0.717, 1.165) is 5.46 Å². The largest absolute Gasteiger partial charge is 0.258 e. The van der Waals surface area contributed by atoms with E-state index in [1.54, 1.807) is 12.1 Å². The predicted molar refractivity (Wildman–Crippen MR) is 73.8 cm³/mol. The summed E-state index contributed by atoms with van der Waals surface area (Å²) in [6.07, 6.45) is -2.41. The highest BCUT2D eigenvalue weighted by Crippen LogP contribution is 2.27. The molecule has 1 unspecified atom stereocenters. The Balaban J connectivity index is 2.76. The molecule has 0 spiro atoms. The van der Waals surface area contributed by atoms with E-state index in [2.05, 4.69) is 4.72 Å². The van der Waals surface area contributed by atoms with Crippen molar-refractivity contribution in [3.8, 4) is 0 Å². The molecule has 1 rings (SSSR count). The molecule has 0 heterocycles. The van der Waals surface area contributed by atoms with Crippen molar-refractivity contribution in [2.75, 3.05) is 0 Å². The lowest BCUT2D eigenvalue weighted by Crippen LogP contribution is -2.26. The van der Waals surface area contributed by atoms with Gasteiger partial charge in [0, 0.05) is 4.75 Å². The maximum atomic E-state index is 13.0. The minimum absolute atomic E-state index is 0.0855. The Morgan fingerprint density at radius 1 is 1.18 bits per heavy atom. The van der Waals surface area contributed by atoms with Crippen LogP contribution in [0, 0.1) is 0 Å². The van der Waals surface area contributed by atoms with E-state index >= 15 is 0 Å². The van der Waals surface area contributed by atoms with Gasteiger partial charge in [0.25, 0.3) is 6.43 Å². The first-order valence-electron chi connectivity index (χ1n) is 5.58. The van der Waals surface area contributed by atoms with Gasteiger partial charge in [-0.2, -0.15) is 0 Å². The number of benzene rings is 1. The zero-order valence-electron chi connectivity index (χ0n) is 10.6. The summed E-state index contributed by atoms with van der Waals surface area (Å²) in [6.45, 7) is 5.97. The van der Waals surface area contributed by atoms with Crippen molar-refractivity contribution in [2.45, 2.75) is 38.0 Å². The summed E-state index contributed by atoms with van der Waals surface area (Å²) in [5.74, 6) is 0. The summed E-state index contributed by atoms with van der Waals surface area (Å²) in [5.41, 5.74) is 1.70. The number of halogens is 2. The summed E-state index contributed by atoms with van der Waals surface area (Å²) in [6, 6.07) is 6.30. The first kappa shape index (κ1) is 14.5. The van der Waals surface area contributed by atoms with E-state index in [1.165, 1.54) is 11.9 Å². The molecule has 17 heavy (non-hydrogen) atoms. The van der Waals surface area contributed by atoms with Crippen LogP contribution in [0.5, 0.6) is 0 Å². The molecule has 1 atom stereocenters. The van der Waals surface area contributed by atoms with E-state index in [0.29, 0.717) is 5.56 Å². The van der Waals surface area contributed by atoms with Crippen LogP contribution in [0.15, 0.2) is 24.3 Å². The average Bonchev–Trinajstić information content (AvgIpc) is 2.18. The Bertz CT molecular complexity index is 349. The summed E-state index contributed by atoms with van der Waals surface area (Å²) in [7, 11) is 1.94. The Labute approximate surface area is 107 Å². The van der Waals surface area contributed by atoms with Crippen molar-refractivity contribution in [1.82, 2.24) is 4.72 Å². The van der Waals surface area contributed by atoms with Crippen LogP contribution >= 0.6 is 11.9 Å². The van der Waals surface area contributed by atoms with E-state index in [9.17, 15) is 8.78 Å². The Morgan fingerprint density at radius 3 is 2.12 bits per heavy atom. The Morgan fingerprint density at radius 2 is 1.71 bits per heavy atom. The molecule has 1 aromatic rings. The van der Waals surface area contributed by atoms with Crippen LogP contribution in [0.1, 0.15) is 32.4 Å². The first-order chi connectivity index (χ1) is 7.79. The SMILES string of the molecule is Bc1ccc(C(NSC(C)(C)C)C(F)F)cc1. The fourth-order valence-corrected chi connectivity index (χ4v) is 2.00. The molecule has 0 aromatic heterocycles. The van der Waals surface area contributed by atoms with E-state index in [4.69, 9.17) is 0 Å². The standard InChI is InChI=1S/C12H18BF2NS/c1-12(2,3)17-16-10(11(14)15)8-4-6-9(13)7-5-8/h4-7,10-11,16H,13H2,1-3H3. The molecule has 0 bridgehead atoms. The second kappa shape index (κ2) is 5.87. The minimum Gasteiger partial charge on any atom is -0.250 e. The molecule has 0 aliphatic heterocycles. The van der Waals surface area contributed by atoms with Crippen molar-refractivity contribution in [3.63, 3.8) is 0 Å². The van der Waals surface area contributed by atoms with E-state index < -0.39 is 12.5 Å². The van der Waals surface area contributed by atoms with Crippen LogP contribution in [0.3, 0.4) is 0 Å². The lowest BCUT2D eigenvalue weighted by Gasteiger charge is -2.24. The maximum absolute atomic E-state index is 13.0. The highest BCUT2D eigenvalue weighted by molar-refractivity contribution is 7.98.